The number of rotatable bonds is 6. The van der Waals surface area contributed by atoms with Gasteiger partial charge in [0, 0.05) is 24.6 Å². The molecule has 3 rings (SSSR count). The zero-order valence-electron chi connectivity index (χ0n) is 15.7. The highest BCUT2D eigenvalue weighted by Gasteiger charge is 2.32. The van der Waals surface area contributed by atoms with Gasteiger partial charge in [0.05, 0.1) is 11.4 Å². The molecular weight excluding hydrogens is 384 g/mol. The molecule has 1 aliphatic heterocycles. The maximum atomic E-state index is 12.8. The van der Waals surface area contributed by atoms with Crippen LogP contribution in [0.1, 0.15) is 41.8 Å². The van der Waals surface area contributed by atoms with Crippen molar-refractivity contribution in [3.05, 3.63) is 41.5 Å². The van der Waals surface area contributed by atoms with E-state index < -0.39 is 10.0 Å². The molecule has 0 radical (unpaired) electrons. The van der Waals surface area contributed by atoms with Gasteiger partial charge in [-0.3, -0.25) is 9.59 Å². The number of benzene rings is 1. The number of ketones is 1. The normalized spacial score (nSPS) is 16.1. The summed E-state index contributed by atoms with van der Waals surface area (Å²) < 4.78 is 31.9. The highest BCUT2D eigenvalue weighted by Crippen LogP contribution is 2.24. The second-order valence-electron chi connectivity index (χ2n) is 6.71. The Bertz CT molecular complexity index is 960. The molecule has 1 amide bonds. The number of aromatic nitrogens is 2. The third-order valence-corrected chi connectivity index (χ3v) is 6.62. The molecule has 1 saturated heterocycles. The number of hydrogen-bond donors (Lipinski definition) is 1. The minimum absolute atomic E-state index is 0.119. The van der Waals surface area contributed by atoms with Crippen LogP contribution >= 0.6 is 0 Å². The third-order valence-electron chi connectivity index (χ3n) is 4.71. The summed E-state index contributed by atoms with van der Waals surface area (Å²) in [6.07, 6.45) is 0.860. The fourth-order valence-corrected chi connectivity index (χ4v) is 4.56. The Morgan fingerprint density at radius 1 is 1.21 bits per heavy atom. The Hall–Kier alpha value is -2.59. The van der Waals surface area contributed by atoms with E-state index in [1.807, 2.05) is 0 Å². The van der Waals surface area contributed by atoms with Crippen LogP contribution in [0.5, 0.6) is 0 Å². The van der Waals surface area contributed by atoms with Gasteiger partial charge in [-0.25, -0.2) is 8.42 Å². The average molecular weight is 406 g/mol. The lowest BCUT2D eigenvalue weighted by molar-refractivity contribution is -0.126. The molecule has 2 aromatic rings. The van der Waals surface area contributed by atoms with Crippen LogP contribution in [0.2, 0.25) is 0 Å². The number of piperidine rings is 1. The summed E-state index contributed by atoms with van der Waals surface area (Å²) in [6.45, 7) is 3.79. The van der Waals surface area contributed by atoms with Gasteiger partial charge < -0.3 is 9.84 Å². The minimum Gasteiger partial charge on any atom is -0.347 e. The van der Waals surface area contributed by atoms with E-state index in [0.717, 1.165) is 0 Å². The van der Waals surface area contributed by atoms with Crippen LogP contribution in [-0.4, -0.2) is 47.6 Å². The number of sulfonamides is 1. The summed E-state index contributed by atoms with van der Waals surface area (Å²) in [5, 5.41) is 6.41. The number of aryl methyl sites for hydroxylation is 1. The molecule has 1 aromatic heterocycles. The summed E-state index contributed by atoms with van der Waals surface area (Å²) in [4.78, 5) is 27.8. The van der Waals surface area contributed by atoms with Crippen LogP contribution in [0.3, 0.4) is 0 Å². The van der Waals surface area contributed by atoms with E-state index in [4.69, 9.17) is 4.52 Å². The Balaban J connectivity index is 1.56. The molecule has 0 bridgehead atoms. The van der Waals surface area contributed by atoms with Gasteiger partial charge in [-0.05, 0) is 38.8 Å². The van der Waals surface area contributed by atoms with Crippen molar-refractivity contribution in [3.8, 4) is 0 Å². The number of carbonyl (C=O) groups excluding carboxylic acids is 2. The van der Waals surface area contributed by atoms with Gasteiger partial charge in [-0.2, -0.15) is 9.29 Å². The van der Waals surface area contributed by atoms with E-state index in [9.17, 15) is 18.0 Å². The van der Waals surface area contributed by atoms with Crippen molar-refractivity contribution < 1.29 is 22.5 Å². The zero-order valence-corrected chi connectivity index (χ0v) is 16.5. The average Bonchev–Trinajstić information content (AvgIpc) is 3.11. The van der Waals surface area contributed by atoms with E-state index in [0.29, 0.717) is 30.1 Å². The molecule has 0 aliphatic carbocycles. The SMILES string of the molecule is CC(=O)c1ccc(S(=O)(=O)N2CCC(C(=O)NCc3nc(C)no3)CC2)cc1. The topological polar surface area (TPSA) is 122 Å². The lowest BCUT2D eigenvalue weighted by Gasteiger charge is -2.30. The van der Waals surface area contributed by atoms with Crippen molar-refractivity contribution >= 4 is 21.7 Å². The van der Waals surface area contributed by atoms with Crippen molar-refractivity contribution in [2.45, 2.75) is 38.1 Å². The molecule has 1 N–H and O–H groups in total. The number of Topliss-reactive ketones (excluding diaryl/α,β-unsaturated/α-hetero) is 1. The third kappa shape index (κ3) is 4.45. The van der Waals surface area contributed by atoms with Crippen molar-refractivity contribution in [1.29, 1.82) is 0 Å². The summed E-state index contributed by atoms with van der Waals surface area (Å²) >= 11 is 0. The molecular formula is C18H22N4O5S. The van der Waals surface area contributed by atoms with E-state index in [1.165, 1.54) is 35.5 Å². The number of nitrogens with zero attached hydrogens (tertiary/aromatic N) is 3. The van der Waals surface area contributed by atoms with Gasteiger partial charge in [0.25, 0.3) is 0 Å². The van der Waals surface area contributed by atoms with Crippen LogP contribution in [0, 0.1) is 12.8 Å². The van der Waals surface area contributed by atoms with Crippen LogP contribution in [0.25, 0.3) is 0 Å². The van der Waals surface area contributed by atoms with Gasteiger partial charge in [-0.15, -0.1) is 0 Å². The number of hydrogen-bond acceptors (Lipinski definition) is 7. The monoisotopic (exact) mass is 406 g/mol. The first kappa shape index (κ1) is 20.2. The molecule has 1 aliphatic rings. The predicted molar refractivity (Wildman–Crippen MR) is 98.8 cm³/mol. The lowest BCUT2D eigenvalue weighted by atomic mass is 9.97. The van der Waals surface area contributed by atoms with Gasteiger partial charge in [-0.1, -0.05) is 17.3 Å². The summed E-state index contributed by atoms with van der Waals surface area (Å²) in [6, 6.07) is 5.90. The van der Waals surface area contributed by atoms with E-state index >= 15 is 0 Å². The molecule has 1 fully saturated rings. The van der Waals surface area contributed by atoms with Gasteiger partial charge in [0.1, 0.15) is 0 Å². The Kier molecular flexibility index (Phi) is 5.90. The Morgan fingerprint density at radius 2 is 1.86 bits per heavy atom. The summed E-state index contributed by atoms with van der Waals surface area (Å²) in [5.74, 6) is 0.291. The van der Waals surface area contributed by atoms with Crippen molar-refractivity contribution in [3.63, 3.8) is 0 Å². The fourth-order valence-electron chi connectivity index (χ4n) is 3.09. The second-order valence-corrected chi connectivity index (χ2v) is 8.65. The maximum absolute atomic E-state index is 12.8. The molecule has 0 spiro atoms. The standard InChI is InChI=1S/C18H22N4O5S/c1-12(23)14-3-5-16(6-4-14)28(25,26)22-9-7-15(8-10-22)18(24)19-11-17-20-13(2)21-27-17/h3-6,15H,7-11H2,1-2H3,(H,19,24). The van der Waals surface area contributed by atoms with Crippen molar-refractivity contribution in [2.75, 3.05) is 13.1 Å². The summed E-state index contributed by atoms with van der Waals surface area (Å²) in [5.41, 5.74) is 0.464. The Morgan fingerprint density at radius 3 is 2.39 bits per heavy atom. The first-order valence-corrected chi connectivity index (χ1v) is 10.4. The predicted octanol–water partition coefficient (Wildman–Crippen LogP) is 1.30. The van der Waals surface area contributed by atoms with Crippen molar-refractivity contribution in [2.24, 2.45) is 5.92 Å². The largest absolute Gasteiger partial charge is 0.347 e. The zero-order chi connectivity index (χ0) is 20.3. The highest BCUT2D eigenvalue weighted by atomic mass is 32.2. The highest BCUT2D eigenvalue weighted by molar-refractivity contribution is 7.89. The summed E-state index contributed by atoms with van der Waals surface area (Å²) in [7, 11) is -3.65. The smallest absolute Gasteiger partial charge is 0.246 e. The van der Waals surface area contributed by atoms with Gasteiger partial charge >= 0.3 is 0 Å². The fraction of sp³-hybridized carbons (Fsp3) is 0.444. The van der Waals surface area contributed by atoms with Gasteiger partial charge in [0.15, 0.2) is 11.6 Å². The first-order chi connectivity index (χ1) is 13.3. The minimum atomic E-state index is -3.65. The van der Waals surface area contributed by atoms with Crippen LogP contribution in [0.15, 0.2) is 33.7 Å². The van der Waals surface area contributed by atoms with Crippen LogP contribution in [-0.2, 0) is 21.4 Å². The number of nitrogens with one attached hydrogen (secondary N) is 1. The lowest BCUT2D eigenvalue weighted by Crippen LogP contribution is -2.42. The van der Waals surface area contributed by atoms with E-state index in [1.54, 1.807) is 6.92 Å². The molecule has 150 valence electrons. The molecule has 28 heavy (non-hydrogen) atoms. The first-order valence-electron chi connectivity index (χ1n) is 8.95. The number of amides is 1. The molecule has 9 nitrogen and oxygen atoms in total. The van der Waals surface area contributed by atoms with Gasteiger partial charge in [0.2, 0.25) is 21.8 Å². The van der Waals surface area contributed by atoms with Crippen molar-refractivity contribution in [1.82, 2.24) is 19.8 Å². The molecule has 0 saturated carbocycles. The maximum Gasteiger partial charge on any atom is 0.246 e. The van der Waals surface area contributed by atoms with E-state index in [-0.39, 0.29) is 42.1 Å². The number of carbonyl (C=O) groups is 2. The second kappa shape index (κ2) is 8.19. The molecule has 1 aromatic carbocycles. The van der Waals surface area contributed by atoms with E-state index in [2.05, 4.69) is 15.5 Å². The molecule has 0 unspecified atom stereocenters. The van der Waals surface area contributed by atoms with Crippen LogP contribution in [0.4, 0.5) is 0 Å². The molecule has 10 heteroatoms. The molecule has 0 atom stereocenters. The van der Waals surface area contributed by atoms with Crippen LogP contribution < -0.4 is 5.32 Å². The Labute approximate surface area is 163 Å². The molecule has 2 heterocycles. The quantitative estimate of drug-likeness (QED) is 0.717.